The van der Waals surface area contributed by atoms with E-state index in [1.165, 1.54) is 0 Å². The van der Waals surface area contributed by atoms with Crippen molar-refractivity contribution in [3.05, 3.63) is 24.3 Å². The molecule has 0 unspecified atom stereocenters. The number of fused-ring (bicyclic) bond motifs is 1. The standard InChI is InChI=1S/C23H33N5O3/c1-22(2,3)31-21(30)26-23(11-6-7-12-23)19(29)27-13-8-14-28(16-15-27)20-24-17-9-4-5-10-18(17)25-20/h4-5,9-10H,6-8,11-16H2,1-3H3,(H,24,25)(H,26,30). The van der Waals surface area contributed by atoms with E-state index in [-0.39, 0.29) is 5.91 Å². The van der Waals surface area contributed by atoms with Gasteiger partial charge in [0.1, 0.15) is 11.1 Å². The number of aromatic amines is 1. The summed E-state index contributed by atoms with van der Waals surface area (Å²) < 4.78 is 5.45. The molecule has 1 saturated carbocycles. The topological polar surface area (TPSA) is 90.6 Å². The summed E-state index contributed by atoms with van der Waals surface area (Å²) in [7, 11) is 0. The Morgan fingerprint density at radius 1 is 1.06 bits per heavy atom. The lowest BCUT2D eigenvalue weighted by molar-refractivity contribution is -0.138. The highest BCUT2D eigenvalue weighted by Crippen LogP contribution is 2.32. The van der Waals surface area contributed by atoms with Crippen LogP contribution in [0.5, 0.6) is 0 Å². The van der Waals surface area contributed by atoms with Crippen molar-refractivity contribution < 1.29 is 14.3 Å². The molecule has 2 fully saturated rings. The number of rotatable bonds is 3. The van der Waals surface area contributed by atoms with Crippen molar-refractivity contribution in [2.75, 3.05) is 31.1 Å². The lowest BCUT2D eigenvalue weighted by Crippen LogP contribution is -2.59. The number of imidazole rings is 1. The zero-order valence-electron chi connectivity index (χ0n) is 18.7. The predicted molar refractivity (Wildman–Crippen MR) is 120 cm³/mol. The van der Waals surface area contributed by atoms with Crippen LogP contribution in [0.1, 0.15) is 52.9 Å². The molecule has 2 heterocycles. The Morgan fingerprint density at radius 3 is 2.52 bits per heavy atom. The molecule has 2 aromatic rings. The van der Waals surface area contributed by atoms with Crippen LogP contribution in [-0.4, -0.2) is 64.2 Å². The molecule has 2 aliphatic rings. The van der Waals surface area contributed by atoms with Gasteiger partial charge in [0.05, 0.1) is 11.0 Å². The second kappa shape index (κ2) is 8.40. The Hall–Kier alpha value is -2.77. The zero-order chi connectivity index (χ0) is 22.1. The fourth-order valence-corrected chi connectivity index (χ4v) is 4.59. The van der Waals surface area contributed by atoms with E-state index in [1.54, 1.807) is 0 Å². The SMILES string of the molecule is CC(C)(C)OC(=O)NC1(C(=O)N2CCCN(c3nc4ccccc4[nH]3)CC2)CCCC1. The summed E-state index contributed by atoms with van der Waals surface area (Å²) in [5.41, 5.74) is 0.515. The molecule has 168 valence electrons. The molecule has 31 heavy (non-hydrogen) atoms. The molecule has 0 spiro atoms. The molecular weight excluding hydrogens is 394 g/mol. The van der Waals surface area contributed by atoms with Gasteiger partial charge in [-0.2, -0.15) is 0 Å². The van der Waals surface area contributed by atoms with Crippen molar-refractivity contribution in [3.63, 3.8) is 0 Å². The number of carbonyl (C=O) groups is 2. The summed E-state index contributed by atoms with van der Waals surface area (Å²) in [6.45, 7) is 8.30. The average Bonchev–Trinajstić information content (AvgIpc) is 3.27. The molecule has 1 aromatic carbocycles. The number of nitrogens with zero attached hydrogens (tertiary/aromatic N) is 3. The third-order valence-electron chi connectivity index (χ3n) is 6.07. The first-order chi connectivity index (χ1) is 14.8. The number of hydrogen-bond donors (Lipinski definition) is 2. The lowest BCUT2D eigenvalue weighted by Gasteiger charge is -2.35. The van der Waals surface area contributed by atoms with Gasteiger partial charge in [-0.1, -0.05) is 25.0 Å². The molecule has 2 N–H and O–H groups in total. The third-order valence-corrected chi connectivity index (χ3v) is 6.07. The Labute approximate surface area is 183 Å². The molecule has 1 aromatic heterocycles. The van der Waals surface area contributed by atoms with Gasteiger partial charge in [0.15, 0.2) is 0 Å². The smallest absolute Gasteiger partial charge is 0.408 e. The number of aromatic nitrogens is 2. The summed E-state index contributed by atoms with van der Waals surface area (Å²) in [6.07, 6.45) is 3.53. The average molecular weight is 428 g/mol. The Morgan fingerprint density at radius 2 is 1.81 bits per heavy atom. The summed E-state index contributed by atoms with van der Waals surface area (Å²) >= 11 is 0. The Balaban J connectivity index is 1.44. The van der Waals surface area contributed by atoms with Gasteiger partial charge in [0, 0.05) is 26.2 Å². The first-order valence-electron chi connectivity index (χ1n) is 11.3. The monoisotopic (exact) mass is 427 g/mol. The van der Waals surface area contributed by atoms with Gasteiger partial charge in [-0.15, -0.1) is 0 Å². The van der Waals surface area contributed by atoms with E-state index in [1.807, 2.05) is 49.9 Å². The Bertz CT molecular complexity index is 909. The van der Waals surface area contributed by atoms with Crippen LogP contribution in [0.3, 0.4) is 0 Å². The molecule has 0 bridgehead atoms. The molecule has 0 atom stereocenters. The third kappa shape index (κ3) is 4.78. The number of H-pyrrole nitrogens is 1. The van der Waals surface area contributed by atoms with Crippen molar-refractivity contribution in [1.29, 1.82) is 0 Å². The number of ether oxygens (including phenoxy) is 1. The van der Waals surface area contributed by atoms with E-state index in [9.17, 15) is 9.59 Å². The molecule has 1 aliphatic heterocycles. The van der Waals surface area contributed by atoms with Crippen molar-refractivity contribution in [2.45, 2.75) is 64.0 Å². The maximum Gasteiger partial charge on any atom is 0.408 e. The number of carbonyl (C=O) groups excluding carboxylic acids is 2. The van der Waals surface area contributed by atoms with Gasteiger partial charge in [0.2, 0.25) is 11.9 Å². The van der Waals surface area contributed by atoms with Crippen LogP contribution in [-0.2, 0) is 9.53 Å². The molecular formula is C23H33N5O3. The largest absolute Gasteiger partial charge is 0.444 e. The summed E-state index contributed by atoms with van der Waals surface area (Å²) in [4.78, 5) is 38.3. The van der Waals surface area contributed by atoms with E-state index >= 15 is 0 Å². The number of hydrogen-bond acceptors (Lipinski definition) is 5. The van der Waals surface area contributed by atoms with Gasteiger partial charge in [-0.05, 0) is 52.2 Å². The number of amides is 2. The summed E-state index contributed by atoms with van der Waals surface area (Å²) in [6, 6.07) is 7.99. The Kier molecular flexibility index (Phi) is 5.81. The number of para-hydroxylation sites is 2. The van der Waals surface area contributed by atoms with Gasteiger partial charge in [-0.3, -0.25) is 4.79 Å². The quantitative estimate of drug-likeness (QED) is 0.783. The highest BCUT2D eigenvalue weighted by atomic mass is 16.6. The van der Waals surface area contributed by atoms with Gasteiger partial charge in [0.25, 0.3) is 0 Å². The van der Waals surface area contributed by atoms with Crippen molar-refractivity contribution in [1.82, 2.24) is 20.2 Å². The maximum atomic E-state index is 13.6. The minimum atomic E-state index is -0.850. The van der Waals surface area contributed by atoms with Crippen LogP contribution < -0.4 is 10.2 Å². The maximum absolute atomic E-state index is 13.6. The second-order valence-electron chi connectivity index (χ2n) is 9.63. The van der Waals surface area contributed by atoms with Gasteiger partial charge in [-0.25, -0.2) is 9.78 Å². The molecule has 2 amide bonds. The molecule has 8 nitrogen and oxygen atoms in total. The second-order valence-corrected chi connectivity index (χ2v) is 9.63. The van der Waals surface area contributed by atoms with E-state index in [0.29, 0.717) is 32.5 Å². The van der Waals surface area contributed by atoms with Crippen LogP contribution >= 0.6 is 0 Å². The van der Waals surface area contributed by atoms with E-state index in [0.717, 1.165) is 42.8 Å². The van der Waals surface area contributed by atoms with Crippen LogP contribution in [0.4, 0.5) is 10.7 Å². The first-order valence-corrected chi connectivity index (χ1v) is 11.3. The number of benzene rings is 1. The van der Waals surface area contributed by atoms with Crippen molar-refractivity contribution >= 4 is 29.0 Å². The number of nitrogens with one attached hydrogen (secondary N) is 2. The predicted octanol–water partition coefficient (Wildman–Crippen LogP) is 3.44. The fraction of sp³-hybridized carbons (Fsp3) is 0.609. The van der Waals surface area contributed by atoms with E-state index in [4.69, 9.17) is 9.72 Å². The van der Waals surface area contributed by atoms with Crippen LogP contribution in [0, 0.1) is 0 Å². The first kappa shape index (κ1) is 21.5. The summed E-state index contributed by atoms with van der Waals surface area (Å²) in [5, 5.41) is 2.94. The summed E-state index contributed by atoms with van der Waals surface area (Å²) in [5.74, 6) is 0.861. The molecule has 1 saturated heterocycles. The molecule has 0 radical (unpaired) electrons. The van der Waals surface area contributed by atoms with E-state index < -0.39 is 17.2 Å². The molecule has 4 rings (SSSR count). The number of alkyl carbamates (subject to hydrolysis) is 1. The van der Waals surface area contributed by atoms with Crippen LogP contribution in [0.15, 0.2) is 24.3 Å². The minimum Gasteiger partial charge on any atom is -0.444 e. The fourth-order valence-electron chi connectivity index (χ4n) is 4.59. The minimum absolute atomic E-state index is 0.0160. The van der Waals surface area contributed by atoms with Crippen molar-refractivity contribution in [2.24, 2.45) is 0 Å². The normalized spacial score (nSPS) is 19.3. The highest BCUT2D eigenvalue weighted by Gasteiger charge is 2.45. The van der Waals surface area contributed by atoms with Gasteiger partial charge < -0.3 is 24.8 Å². The number of anilines is 1. The zero-order valence-corrected chi connectivity index (χ0v) is 18.7. The van der Waals surface area contributed by atoms with Crippen molar-refractivity contribution in [3.8, 4) is 0 Å². The highest BCUT2D eigenvalue weighted by molar-refractivity contribution is 5.90. The molecule has 1 aliphatic carbocycles. The lowest BCUT2D eigenvalue weighted by atomic mass is 9.95. The van der Waals surface area contributed by atoms with E-state index in [2.05, 4.69) is 15.2 Å². The molecule has 8 heteroatoms. The van der Waals surface area contributed by atoms with Crippen LogP contribution in [0.2, 0.25) is 0 Å². The van der Waals surface area contributed by atoms with Gasteiger partial charge >= 0.3 is 6.09 Å². The van der Waals surface area contributed by atoms with Crippen LogP contribution in [0.25, 0.3) is 11.0 Å².